The summed E-state index contributed by atoms with van der Waals surface area (Å²) in [4.78, 5) is 13.0. The van der Waals surface area contributed by atoms with Gasteiger partial charge in [-0.3, -0.25) is 4.79 Å². The summed E-state index contributed by atoms with van der Waals surface area (Å²) in [7, 11) is 3.76. The molecular formula is C21H26BrN3O. The van der Waals surface area contributed by atoms with E-state index in [0.29, 0.717) is 6.54 Å². The van der Waals surface area contributed by atoms with Crippen LogP contribution in [-0.4, -0.2) is 20.0 Å². The number of amides is 1. The zero-order valence-corrected chi connectivity index (χ0v) is 17.3. The number of hydrogen-bond donors (Lipinski definition) is 3. The van der Waals surface area contributed by atoms with Gasteiger partial charge in [-0.1, -0.05) is 40.6 Å². The summed E-state index contributed by atoms with van der Waals surface area (Å²) >= 11 is 3.52. The van der Waals surface area contributed by atoms with Crippen molar-refractivity contribution in [2.75, 3.05) is 24.7 Å². The highest BCUT2D eigenvalue weighted by Gasteiger charge is 2.18. The molecule has 0 saturated carbocycles. The second-order valence-corrected chi connectivity index (χ2v) is 6.99. The Morgan fingerprint density at radius 2 is 1.73 bits per heavy atom. The first kappa shape index (κ1) is 20.0. The van der Waals surface area contributed by atoms with Gasteiger partial charge in [0.05, 0.1) is 0 Å². The highest BCUT2D eigenvalue weighted by molar-refractivity contribution is 9.10. The third-order valence-corrected chi connectivity index (χ3v) is 4.89. The zero-order valence-electron chi connectivity index (χ0n) is 15.7. The number of carbonyl (C=O) groups is 1. The highest BCUT2D eigenvalue weighted by atomic mass is 79.9. The maximum Gasteiger partial charge on any atom is 0.252 e. The molecule has 1 amide bonds. The van der Waals surface area contributed by atoms with Crippen molar-refractivity contribution in [2.24, 2.45) is 0 Å². The largest absolute Gasteiger partial charge is 0.388 e. The van der Waals surface area contributed by atoms with Crippen LogP contribution in [0.25, 0.3) is 5.57 Å². The van der Waals surface area contributed by atoms with Crippen LogP contribution < -0.4 is 16.0 Å². The van der Waals surface area contributed by atoms with Crippen LogP contribution >= 0.6 is 15.9 Å². The Morgan fingerprint density at radius 3 is 2.31 bits per heavy atom. The van der Waals surface area contributed by atoms with Crippen molar-refractivity contribution < 1.29 is 4.79 Å². The number of halogens is 1. The van der Waals surface area contributed by atoms with Crippen molar-refractivity contribution in [3.8, 4) is 0 Å². The Morgan fingerprint density at radius 1 is 1.04 bits per heavy atom. The van der Waals surface area contributed by atoms with Crippen LogP contribution in [0.5, 0.6) is 0 Å². The lowest BCUT2D eigenvalue weighted by Gasteiger charge is -2.16. The third kappa shape index (κ3) is 4.88. The minimum atomic E-state index is -0.0587. The first-order chi connectivity index (χ1) is 12.5. The van der Waals surface area contributed by atoms with E-state index in [1.54, 1.807) is 0 Å². The molecule has 0 saturated heterocycles. The van der Waals surface area contributed by atoms with Gasteiger partial charge in [0, 0.05) is 47.6 Å². The summed E-state index contributed by atoms with van der Waals surface area (Å²) in [5.74, 6) is -0.0587. The average Bonchev–Trinajstić information content (AvgIpc) is 2.67. The van der Waals surface area contributed by atoms with Gasteiger partial charge in [-0.05, 0) is 49.2 Å². The molecule has 2 rings (SSSR count). The maximum atomic E-state index is 13.0. The van der Waals surface area contributed by atoms with E-state index in [-0.39, 0.29) is 5.91 Å². The molecule has 2 aromatic rings. The van der Waals surface area contributed by atoms with Gasteiger partial charge in [0.1, 0.15) is 0 Å². The van der Waals surface area contributed by atoms with Crippen molar-refractivity contribution >= 4 is 38.8 Å². The number of nitrogens with one attached hydrogen (secondary N) is 3. The molecule has 138 valence electrons. The van der Waals surface area contributed by atoms with Crippen molar-refractivity contribution in [3.63, 3.8) is 0 Å². The molecule has 0 spiro atoms. The molecule has 0 fully saturated rings. The first-order valence-electron chi connectivity index (χ1n) is 8.72. The predicted molar refractivity (Wildman–Crippen MR) is 114 cm³/mol. The highest BCUT2D eigenvalue weighted by Crippen LogP contribution is 2.30. The lowest BCUT2D eigenvalue weighted by molar-refractivity contribution is -0.115. The summed E-state index contributed by atoms with van der Waals surface area (Å²) in [6.45, 7) is 4.57. The molecule has 2 aromatic carbocycles. The number of anilines is 2. The van der Waals surface area contributed by atoms with Crippen LogP contribution in [-0.2, 0) is 11.3 Å². The molecule has 0 heterocycles. The number of hydrogen-bond acceptors (Lipinski definition) is 3. The molecule has 5 heteroatoms. The molecule has 0 aromatic heterocycles. The van der Waals surface area contributed by atoms with E-state index >= 15 is 0 Å². The summed E-state index contributed by atoms with van der Waals surface area (Å²) in [6.07, 6.45) is 0.815. The smallest absolute Gasteiger partial charge is 0.252 e. The van der Waals surface area contributed by atoms with Crippen molar-refractivity contribution in [3.05, 3.63) is 63.6 Å². The van der Waals surface area contributed by atoms with Crippen molar-refractivity contribution in [1.82, 2.24) is 5.32 Å². The SMILES string of the molecule is CCC(C)=C(C(=O)NCc1ccc(NC)cc1)c1cc(Br)ccc1NC. The fraction of sp³-hybridized carbons (Fsp3) is 0.286. The van der Waals surface area contributed by atoms with Gasteiger partial charge in [0.15, 0.2) is 0 Å². The molecule has 4 nitrogen and oxygen atoms in total. The van der Waals surface area contributed by atoms with Gasteiger partial charge >= 0.3 is 0 Å². The molecule has 0 atom stereocenters. The summed E-state index contributed by atoms with van der Waals surface area (Å²) in [5.41, 5.74) is 5.74. The molecule has 3 N–H and O–H groups in total. The number of benzene rings is 2. The fourth-order valence-electron chi connectivity index (χ4n) is 2.72. The van der Waals surface area contributed by atoms with Gasteiger partial charge < -0.3 is 16.0 Å². The molecule has 0 radical (unpaired) electrons. The van der Waals surface area contributed by atoms with Crippen LogP contribution in [0.1, 0.15) is 31.4 Å². The zero-order chi connectivity index (χ0) is 19.1. The number of carbonyl (C=O) groups excluding carboxylic acids is 1. The van der Waals surface area contributed by atoms with Crippen LogP contribution in [0, 0.1) is 0 Å². The Bertz CT molecular complexity index is 797. The van der Waals surface area contributed by atoms with Crippen LogP contribution in [0.2, 0.25) is 0 Å². The van der Waals surface area contributed by atoms with E-state index in [4.69, 9.17) is 0 Å². The monoisotopic (exact) mass is 415 g/mol. The topological polar surface area (TPSA) is 53.2 Å². The van der Waals surface area contributed by atoms with Gasteiger partial charge in [0.2, 0.25) is 0 Å². The Balaban J connectivity index is 2.27. The van der Waals surface area contributed by atoms with E-state index in [9.17, 15) is 4.79 Å². The van der Waals surface area contributed by atoms with E-state index in [2.05, 4.69) is 38.8 Å². The molecule has 0 unspecified atom stereocenters. The molecule has 0 bridgehead atoms. The average molecular weight is 416 g/mol. The third-order valence-electron chi connectivity index (χ3n) is 4.40. The van der Waals surface area contributed by atoms with E-state index < -0.39 is 0 Å². The minimum Gasteiger partial charge on any atom is -0.388 e. The van der Waals surface area contributed by atoms with E-state index in [1.165, 1.54) is 0 Å². The molecule has 0 aliphatic carbocycles. The van der Waals surface area contributed by atoms with Gasteiger partial charge in [-0.2, -0.15) is 0 Å². The van der Waals surface area contributed by atoms with Crippen LogP contribution in [0.3, 0.4) is 0 Å². The molecule has 0 aliphatic rings. The Kier molecular flexibility index (Phi) is 7.27. The fourth-order valence-corrected chi connectivity index (χ4v) is 3.09. The maximum absolute atomic E-state index is 13.0. The quantitative estimate of drug-likeness (QED) is 0.555. The first-order valence-corrected chi connectivity index (χ1v) is 9.51. The second kappa shape index (κ2) is 9.43. The second-order valence-electron chi connectivity index (χ2n) is 6.08. The van der Waals surface area contributed by atoms with E-state index in [1.807, 2.05) is 63.5 Å². The lowest BCUT2D eigenvalue weighted by atomic mass is 9.96. The molecule has 26 heavy (non-hydrogen) atoms. The van der Waals surface area contributed by atoms with E-state index in [0.717, 1.165) is 44.5 Å². The van der Waals surface area contributed by atoms with Gasteiger partial charge in [-0.15, -0.1) is 0 Å². The standard InChI is InChI=1S/C21H26BrN3O/c1-5-14(2)20(18-12-16(22)8-11-19(18)24-4)21(26)25-13-15-6-9-17(23-3)10-7-15/h6-12,23-24H,5,13H2,1-4H3,(H,25,26). The minimum absolute atomic E-state index is 0.0587. The Labute approximate surface area is 164 Å². The van der Waals surface area contributed by atoms with Gasteiger partial charge in [0.25, 0.3) is 5.91 Å². The normalized spacial score (nSPS) is 11.6. The van der Waals surface area contributed by atoms with Gasteiger partial charge in [-0.25, -0.2) is 0 Å². The van der Waals surface area contributed by atoms with Crippen molar-refractivity contribution in [1.29, 1.82) is 0 Å². The molecular weight excluding hydrogens is 390 g/mol. The lowest BCUT2D eigenvalue weighted by Crippen LogP contribution is -2.25. The number of rotatable bonds is 7. The summed E-state index contributed by atoms with van der Waals surface area (Å²) in [5, 5.41) is 9.34. The van der Waals surface area contributed by atoms with Crippen LogP contribution in [0.15, 0.2) is 52.5 Å². The molecule has 0 aliphatic heterocycles. The summed E-state index contributed by atoms with van der Waals surface area (Å²) in [6, 6.07) is 14.0. The summed E-state index contributed by atoms with van der Waals surface area (Å²) < 4.78 is 0.948. The van der Waals surface area contributed by atoms with Crippen LogP contribution in [0.4, 0.5) is 11.4 Å². The Hall–Kier alpha value is -2.27. The van der Waals surface area contributed by atoms with Crippen molar-refractivity contribution in [2.45, 2.75) is 26.8 Å². The number of allylic oxidation sites excluding steroid dienone is 1. The predicted octanol–water partition coefficient (Wildman–Crippen LogP) is 5.03.